The first-order valence-corrected chi connectivity index (χ1v) is 37.0. The van der Waals surface area contributed by atoms with Crippen molar-refractivity contribution < 1.29 is 0 Å². The third-order valence-corrected chi connectivity index (χ3v) is 21.3. The summed E-state index contributed by atoms with van der Waals surface area (Å²) in [5.41, 5.74) is 22.0. The SMILES string of the molecule is Clc1ccc(-c2nc(-c3ccccc3)nc(-c3ccccc3)n2)c2ccccc12.c1ccc(-c2nc(-c3ccccc3)nc(-c3ccc(-n4c5ccccc5c5cc6c7ccccc7n(-c7ccccc7)c6cc54)c4ccccc34)n2)cc1.c1ccc(-n2c3ccccc3c3cc4c(cc32)Cc2ccccc2-4)cc1. The molecular weight excluding hydrogens is 1350 g/mol. The van der Waals surface area contributed by atoms with E-state index in [0.717, 1.165) is 83.8 Å². The summed E-state index contributed by atoms with van der Waals surface area (Å²) in [5.74, 6) is 3.86. The normalized spacial score (nSPS) is 11.7. The molecule has 10 heteroatoms. The molecule has 0 atom stereocenters. The Kier molecular flexibility index (Phi) is 16.1. The minimum Gasteiger partial charge on any atom is -0.309 e. The largest absolute Gasteiger partial charge is 0.309 e. The second-order valence-corrected chi connectivity index (χ2v) is 27.8. The molecule has 1 aliphatic carbocycles. The molecule has 9 nitrogen and oxygen atoms in total. The highest BCUT2D eigenvalue weighted by Crippen LogP contribution is 2.45. The van der Waals surface area contributed by atoms with Gasteiger partial charge in [0.2, 0.25) is 0 Å². The predicted octanol–water partition coefficient (Wildman–Crippen LogP) is 25.3. The fourth-order valence-corrected chi connectivity index (χ4v) is 16.2. The molecule has 0 bridgehead atoms. The summed E-state index contributed by atoms with van der Waals surface area (Å²) in [5, 5.41) is 12.5. The summed E-state index contributed by atoms with van der Waals surface area (Å²) in [4.78, 5) is 29.5. The van der Waals surface area contributed by atoms with Gasteiger partial charge in [0.05, 0.1) is 38.8 Å². The molecule has 0 saturated carbocycles. The van der Waals surface area contributed by atoms with Gasteiger partial charge in [-0.3, -0.25) is 0 Å². The van der Waals surface area contributed by atoms with Crippen LogP contribution in [0.25, 0.3) is 183 Å². The first kappa shape index (κ1) is 64.4. The van der Waals surface area contributed by atoms with Crippen LogP contribution in [0, 0.1) is 0 Å². The number of hydrogen-bond donors (Lipinski definition) is 0. The predicted molar refractivity (Wildman–Crippen MR) is 450 cm³/mol. The van der Waals surface area contributed by atoms with Crippen LogP contribution in [-0.4, -0.2) is 43.6 Å². The average Bonchev–Trinajstić information content (AvgIpc) is 1.56. The smallest absolute Gasteiger partial charge is 0.164 e. The number of nitrogens with zero attached hydrogens (tertiary/aromatic N) is 9. The van der Waals surface area contributed by atoms with E-state index in [9.17, 15) is 0 Å². The summed E-state index contributed by atoms with van der Waals surface area (Å²) in [6, 6.07) is 131. The van der Waals surface area contributed by atoms with Crippen molar-refractivity contribution in [1.29, 1.82) is 0 Å². The molecule has 0 spiro atoms. The Morgan fingerprint density at radius 3 is 1.02 bits per heavy atom. The molecule has 0 N–H and O–H groups in total. The third-order valence-electron chi connectivity index (χ3n) is 21.0. The molecule has 0 aliphatic heterocycles. The lowest BCUT2D eigenvalue weighted by Crippen LogP contribution is -2.01. The van der Waals surface area contributed by atoms with Crippen molar-refractivity contribution in [2.75, 3.05) is 0 Å². The molecule has 109 heavy (non-hydrogen) atoms. The Balaban J connectivity index is 0.000000119. The van der Waals surface area contributed by atoms with E-state index >= 15 is 0 Å². The second-order valence-electron chi connectivity index (χ2n) is 27.4. The second kappa shape index (κ2) is 27.3. The molecule has 1 aliphatic rings. The van der Waals surface area contributed by atoms with Crippen LogP contribution in [0.1, 0.15) is 11.1 Å². The van der Waals surface area contributed by atoms with Crippen molar-refractivity contribution >= 4 is 98.6 Å². The Morgan fingerprint density at radius 2 is 0.541 bits per heavy atom. The average molecular weight is 1420 g/mol. The van der Waals surface area contributed by atoms with Crippen molar-refractivity contribution in [2.45, 2.75) is 6.42 Å². The van der Waals surface area contributed by atoms with Gasteiger partial charge in [0, 0.05) is 92.9 Å². The third kappa shape index (κ3) is 11.5. The lowest BCUT2D eigenvalue weighted by atomic mass is 10.0. The van der Waals surface area contributed by atoms with Gasteiger partial charge in [-0.2, -0.15) is 0 Å². The van der Waals surface area contributed by atoms with Crippen LogP contribution in [0.5, 0.6) is 0 Å². The Hall–Kier alpha value is -14.3. The van der Waals surface area contributed by atoms with E-state index in [2.05, 4.69) is 232 Å². The summed E-state index contributed by atoms with van der Waals surface area (Å²) in [6.45, 7) is 0. The molecular formula is C99H64ClN9. The Morgan fingerprint density at radius 1 is 0.202 bits per heavy atom. The molecule has 512 valence electrons. The number of halogens is 1. The van der Waals surface area contributed by atoms with Gasteiger partial charge >= 0.3 is 0 Å². The van der Waals surface area contributed by atoms with Crippen molar-refractivity contribution in [1.82, 2.24) is 43.6 Å². The lowest BCUT2D eigenvalue weighted by molar-refractivity contribution is 1.08. The molecule has 0 amide bonds. The molecule has 0 unspecified atom stereocenters. The van der Waals surface area contributed by atoms with Crippen LogP contribution in [0.3, 0.4) is 0 Å². The lowest BCUT2D eigenvalue weighted by Gasteiger charge is -2.15. The van der Waals surface area contributed by atoms with Crippen LogP contribution >= 0.6 is 11.6 Å². The van der Waals surface area contributed by atoms with E-state index in [1.165, 1.54) is 82.3 Å². The topological polar surface area (TPSA) is 92.1 Å². The van der Waals surface area contributed by atoms with Gasteiger partial charge in [0.1, 0.15) is 0 Å². The van der Waals surface area contributed by atoms with Gasteiger partial charge < -0.3 is 13.7 Å². The summed E-state index contributed by atoms with van der Waals surface area (Å²) < 4.78 is 7.22. The van der Waals surface area contributed by atoms with Crippen LogP contribution in [-0.2, 0) is 6.42 Å². The summed E-state index contributed by atoms with van der Waals surface area (Å²) in [6.07, 6.45) is 1.03. The molecule has 22 rings (SSSR count). The Bertz CT molecular complexity index is 6950. The fourth-order valence-electron chi connectivity index (χ4n) is 16.0. The standard InChI is InChI=1S/C49H31N5.C25H16ClN3.C25H17N/c1-4-16-32(17-5-1)47-50-48(33-18-6-2-7-19-33)52-49(51-47)39-28-29-44(36-23-11-10-22-35(36)39)54-43-27-15-13-25-38(43)41-30-40-37-24-12-14-26-42(37)53(45(40)31-46(41)54)34-20-8-3-9-21-34;26-22-16-15-21(19-13-7-8-14-20(19)22)25-28-23(17-9-3-1-4-10-17)27-24(29-25)18-11-5-2-6-12-18;1-2-9-19(10-3-1)26-24-13-7-6-12-21(24)23-16-22-18(15-25(23)26)14-17-8-4-5-11-20(17)22/h1-31H;1-16H;1-13,15-16H,14H2. The van der Waals surface area contributed by atoms with Crippen molar-refractivity contribution in [3.8, 4) is 96.5 Å². The number of hydrogen-bond acceptors (Lipinski definition) is 6. The molecule has 0 fully saturated rings. The highest BCUT2D eigenvalue weighted by Gasteiger charge is 2.25. The number of aromatic nitrogens is 9. The van der Waals surface area contributed by atoms with Crippen molar-refractivity contribution in [3.05, 3.63) is 392 Å². The fraction of sp³-hybridized carbons (Fsp3) is 0.0101. The van der Waals surface area contributed by atoms with E-state index in [4.69, 9.17) is 41.5 Å². The van der Waals surface area contributed by atoms with E-state index in [1.54, 1.807) is 0 Å². The van der Waals surface area contributed by atoms with E-state index < -0.39 is 0 Å². The van der Waals surface area contributed by atoms with Crippen molar-refractivity contribution in [2.24, 2.45) is 0 Å². The molecule has 16 aromatic carbocycles. The number of benzene rings is 16. The molecule has 21 aromatic rings. The maximum absolute atomic E-state index is 6.42. The monoisotopic (exact) mass is 1410 g/mol. The highest BCUT2D eigenvalue weighted by atomic mass is 35.5. The first-order chi connectivity index (χ1) is 54.0. The highest BCUT2D eigenvalue weighted by molar-refractivity contribution is 6.36. The number of rotatable bonds is 9. The Labute approximate surface area is 633 Å². The van der Waals surface area contributed by atoms with Crippen LogP contribution < -0.4 is 0 Å². The molecule has 0 saturated heterocycles. The summed E-state index contributed by atoms with van der Waals surface area (Å²) >= 11 is 6.42. The maximum atomic E-state index is 6.42. The van der Waals surface area contributed by atoms with Gasteiger partial charge in [-0.05, 0) is 130 Å². The first-order valence-electron chi connectivity index (χ1n) is 36.7. The quantitative estimate of drug-likeness (QED) is 0.143. The van der Waals surface area contributed by atoms with Gasteiger partial charge in [-0.1, -0.05) is 297 Å². The van der Waals surface area contributed by atoms with E-state index in [-0.39, 0.29) is 0 Å². The molecule has 0 radical (unpaired) electrons. The number of fused-ring (bicyclic) bond motifs is 14. The summed E-state index contributed by atoms with van der Waals surface area (Å²) in [7, 11) is 0. The van der Waals surface area contributed by atoms with E-state index in [0.29, 0.717) is 40.0 Å². The zero-order chi connectivity index (χ0) is 72.3. The van der Waals surface area contributed by atoms with Crippen molar-refractivity contribution in [3.63, 3.8) is 0 Å². The van der Waals surface area contributed by atoms with Gasteiger partial charge in [-0.15, -0.1) is 0 Å². The van der Waals surface area contributed by atoms with E-state index in [1.807, 2.05) is 158 Å². The minimum absolute atomic E-state index is 0.630. The van der Waals surface area contributed by atoms with Crippen LogP contribution in [0.4, 0.5) is 0 Å². The zero-order valence-electron chi connectivity index (χ0n) is 58.9. The molecule has 5 heterocycles. The van der Waals surface area contributed by atoms with Crippen LogP contribution in [0.2, 0.25) is 5.02 Å². The van der Waals surface area contributed by atoms with Gasteiger partial charge in [0.15, 0.2) is 34.9 Å². The molecule has 5 aromatic heterocycles. The van der Waals surface area contributed by atoms with Gasteiger partial charge in [0.25, 0.3) is 0 Å². The van der Waals surface area contributed by atoms with Crippen LogP contribution in [0.15, 0.2) is 376 Å². The number of para-hydroxylation sites is 5. The minimum atomic E-state index is 0.630. The zero-order valence-corrected chi connectivity index (χ0v) is 59.7. The van der Waals surface area contributed by atoms with Gasteiger partial charge in [-0.25, -0.2) is 29.9 Å². The maximum Gasteiger partial charge on any atom is 0.164 e.